The molecule has 1 aromatic rings. The molecule has 0 aliphatic carbocycles. The zero-order valence-corrected chi connectivity index (χ0v) is 10.0. The van der Waals surface area contributed by atoms with Gasteiger partial charge in [-0.25, -0.2) is 4.79 Å². The van der Waals surface area contributed by atoms with Gasteiger partial charge in [0.25, 0.3) is 0 Å². The maximum absolute atomic E-state index is 10.7. The molecule has 0 saturated carbocycles. The topological polar surface area (TPSA) is 77.8 Å². The molecule has 3 N–H and O–H groups in total. The maximum Gasteiger partial charge on any atom is 0.337 e. The van der Waals surface area contributed by atoms with Crippen molar-refractivity contribution in [1.82, 2.24) is 0 Å². The fraction of sp³-hybridized carbons (Fsp3) is 0.417. The van der Waals surface area contributed by atoms with E-state index in [1.54, 1.807) is 12.1 Å². The van der Waals surface area contributed by atoms with Crippen molar-refractivity contribution in [2.45, 2.75) is 25.6 Å². The number of aliphatic carboxylic acids is 1. The summed E-state index contributed by atoms with van der Waals surface area (Å²) >= 11 is 5.59. The molecule has 1 unspecified atom stereocenters. The quantitative estimate of drug-likeness (QED) is 0.675. The molecule has 0 aliphatic heterocycles. The third-order valence-corrected chi connectivity index (χ3v) is 2.80. The summed E-state index contributed by atoms with van der Waals surface area (Å²) in [6, 6.07) is 4.75. The number of hydrogen-bond donors (Lipinski definition) is 3. The van der Waals surface area contributed by atoms with E-state index < -0.39 is 12.1 Å². The molecule has 0 spiro atoms. The van der Waals surface area contributed by atoms with Crippen LogP contribution in [0.2, 0.25) is 0 Å². The SMILES string of the molecule is O=C(O)C(O)c1ccc(CO)c(CCCCl)c1. The summed E-state index contributed by atoms with van der Waals surface area (Å²) in [6.45, 7) is -0.110. The van der Waals surface area contributed by atoms with Crippen molar-refractivity contribution in [3.63, 3.8) is 0 Å². The molecular formula is C12H15ClO4. The number of aryl methyl sites for hydroxylation is 1. The number of rotatable bonds is 6. The molecule has 17 heavy (non-hydrogen) atoms. The number of alkyl halides is 1. The number of benzene rings is 1. The lowest BCUT2D eigenvalue weighted by Gasteiger charge is -2.11. The molecule has 0 fully saturated rings. The van der Waals surface area contributed by atoms with Crippen LogP contribution in [0.4, 0.5) is 0 Å². The molecule has 1 aromatic carbocycles. The van der Waals surface area contributed by atoms with Crippen molar-refractivity contribution in [2.24, 2.45) is 0 Å². The van der Waals surface area contributed by atoms with Gasteiger partial charge in [-0.3, -0.25) is 0 Å². The molecule has 0 aliphatic rings. The van der Waals surface area contributed by atoms with Gasteiger partial charge >= 0.3 is 5.97 Å². The van der Waals surface area contributed by atoms with Crippen LogP contribution >= 0.6 is 11.6 Å². The molecule has 4 nitrogen and oxygen atoms in total. The van der Waals surface area contributed by atoms with Crippen LogP contribution in [0.15, 0.2) is 18.2 Å². The molecule has 0 saturated heterocycles. The first-order chi connectivity index (χ1) is 8.10. The van der Waals surface area contributed by atoms with Crippen LogP contribution in [0, 0.1) is 0 Å². The normalized spacial score (nSPS) is 12.4. The highest BCUT2D eigenvalue weighted by Crippen LogP contribution is 2.20. The first-order valence-electron chi connectivity index (χ1n) is 5.29. The van der Waals surface area contributed by atoms with Crippen LogP contribution < -0.4 is 0 Å². The van der Waals surface area contributed by atoms with E-state index in [0.717, 1.165) is 17.5 Å². The summed E-state index contributed by atoms with van der Waals surface area (Å²) in [4.78, 5) is 10.7. The highest BCUT2D eigenvalue weighted by molar-refractivity contribution is 6.17. The van der Waals surface area contributed by atoms with Crippen LogP contribution in [0.3, 0.4) is 0 Å². The van der Waals surface area contributed by atoms with E-state index >= 15 is 0 Å². The summed E-state index contributed by atoms with van der Waals surface area (Å²) < 4.78 is 0. The van der Waals surface area contributed by atoms with Crippen molar-refractivity contribution in [3.8, 4) is 0 Å². The van der Waals surface area contributed by atoms with E-state index in [1.165, 1.54) is 6.07 Å². The Balaban J connectivity index is 2.99. The van der Waals surface area contributed by atoms with Gasteiger partial charge in [-0.05, 0) is 29.5 Å². The van der Waals surface area contributed by atoms with Crippen molar-refractivity contribution < 1.29 is 20.1 Å². The van der Waals surface area contributed by atoms with Gasteiger partial charge in [0, 0.05) is 5.88 Å². The molecule has 0 bridgehead atoms. The predicted octanol–water partition coefficient (Wildman–Crippen LogP) is 1.47. The first kappa shape index (κ1) is 14.0. The van der Waals surface area contributed by atoms with E-state index in [2.05, 4.69) is 0 Å². The Bertz CT molecular complexity index is 392. The molecule has 1 atom stereocenters. The highest BCUT2D eigenvalue weighted by atomic mass is 35.5. The fourth-order valence-electron chi connectivity index (χ4n) is 1.60. The minimum atomic E-state index is -1.53. The molecule has 0 aromatic heterocycles. The Morgan fingerprint density at radius 3 is 2.59 bits per heavy atom. The number of hydrogen-bond acceptors (Lipinski definition) is 3. The fourth-order valence-corrected chi connectivity index (χ4v) is 1.74. The minimum absolute atomic E-state index is 0.110. The van der Waals surface area contributed by atoms with E-state index in [9.17, 15) is 9.90 Å². The number of aliphatic hydroxyl groups excluding tert-OH is 2. The lowest BCUT2D eigenvalue weighted by molar-refractivity contribution is -0.146. The van der Waals surface area contributed by atoms with Gasteiger partial charge in [0.1, 0.15) is 0 Å². The molecule has 1 rings (SSSR count). The van der Waals surface area contributed by atoms with Crippen molar-refractivity contribution in [2.75, 3.05) is 5.88 Å². The predicted molar refractivity (Wildman–Crippen MR) is 64.0 cm³/mol. The molecular weight excluding hydrogens is 244 g/mol. The largest absolute Gasteiger partial charge is 0.479 e. The average Bonchev–Trinajstić information content (AvgIpc) is 2.34. The lowest BCUT2D eigenvalue weighted by atomic mass is 9.98. The number of halogens is 1. The van der Waals surface area contributed by atoms with Crippen LogP contribution in [-0.2, 0) is 17.8 Å². The summed E-state index contributed by atoms with van der Waals surface area (Å²) in [5.74, 6) is -0.790. The molecule has 5 heteroatoms. The van der Waals surface area contributed by atoms with Crippen LogP contribution in [0.25, 0.3) is 0 Å². The van der Waals surface area contributed by atoms with Crippen LogP contribution in [0.1, 0.15) is 29.2 Å². The van der Waals surface area contributed by atoms with Gasteiger partial charge < -0.3 is 15.3 Å². The Labute approximate surface area is 104 Å². The third-order valence-electron chi connectivity index (χ3n) is 2.53. The van der Waals surface area contributed by atoms with Gasteiger partial charge in [-0.2, -0.15) is 0 Å². The Kier molecular flexibility index (Phi) is 5.41. The number of aliphatic hydroxyl groups is 2. The maximum atomic E-state index is 10.7. The van der Waals surface area contributed by atoms with Gasteiger partial charge in [0.05, 0.1) is 6.61 Å². The van der Waals surface area contributed by atoms with Crippen LogP contribution in [0.5, 0.6) is 0 Å². The average molecular weight is 259 g/mol. The summed E-state index contributed by atoms with van der Waals surface area (Å²) in [5, 5.41) is 27.3. The van der Waals surface area contributed by atoms with E-state index in [4.69, 9.17) is 21.8 Å². The summed E-state index contributed by atoms with van der Waals surface area (Å²) in [7, 11) is 0. The zero-order chi connectivity index (χ0) is 12.8. The molecule has 0 heterocycles. The second kappa shape index (κ2) is 6.59. The molecule has 0 amide bonds. The Hall–Kier alpha value is -1.10. The number of carboxylic acids is 1. The Morgan fingerprint density at radius 2 is 2.06 bits per heavy atom. The third kappa shape index (κ3) is 3.70. The van der Waals surface area contributed by atoms with Crippen molar-refractivity contribution in [1.29, 1.82) is 0 Å². The van der Waals surface area contributed by atoms with Gasteiger partial charge in [-0.15, -0.1) is 11.6 Å². The van der Waals surface area contributed by atoms with Crippen LogP contribution in [-0.4, -0.2) is 27.2 Å². The number of carbonyl (C=O) groups is 1. The highest BCUT2D eigenvalue weighted by Gasteiger charge is 2.16. The van der Waals surface area contributed by atoms with Crippen molar-refractivity contribution in [3.05, 3.63) is 34.9 Å². The standard InChI is InChI=1S/C12H15ClO4/c13-5-1-2-8-6-9(11(15)12(16)17)3-4-10(8)7-14/h3-4,6,11,14-15H,1-2,5,7H2,(H,16,17). The van der Waals surface area contributed by atoms with Gasteiger partial charge in [-0.1, -0.05) is 18.2 Å². The molecule has 94 valence electrons. The summed E-state index contributed by atoms with van der Waals surface area (Å²) in [6.07, 6.45) is -0.140. The minimum Gasteiger partial charge on any atom is -0.479 e. The lowest BCUT2D eigenvalue weighted by Crippen LogP contribution is -2.11. The second-order valence-corrected chi connectivity index (χ2v) is 4.10. The van der Waals surface area contributed by atoms with E-state index in [1.807, 2.05) is 0 Å². The van der Waals surface area contributed by atoms with E-state index in [0.29, 0.717) is 17.9 Å². The smallest absolute Gasteiger partial charge is 0.337 e. The molecule has 0 radical (unpaired) electrons. The van der Waals surface area contributed by atoms with E-state index in [-0.39, 0.29) is 6.61 Å². The van der Waals surface area contributed by atoms with Gasteiger partial charge in [0.2, 0.25) is 0 Å². The second-order valence-electron chi connectivity index (χ2n) is 3.72. The van der Waals surface area contributed by atoms with Crippen molar-refractivity contribution >= 4 is 17.6 Å². The monoisotopic (exact) mass is 258 g/mol. The first-order valence-corrected chi connectivity index (χ1v) is 5.83. The Morgan fingerprint density at radius 1 is 1.35 bits per heavy atom. The zero-order valence-electron chi connectivity index (χ0n) is 9.27. The van der Waals surface area contributed by atoms with Gasteiger partial charge in [0.15, 0.2) is 6.10 Å². The number of carboxylic acid groups (broad SMARTS) is 1. The summed E-state index contributed by atoms with van der Waals surface area (Å²) in [5.41, 5.74) is 1.88.